The summed E-state index contributed by atoms with van der Waals surface area (Å²) in [4.78, 5) is 22.7. The quantitative estimate of drug-likeness (QED) is 0.414. The number of rotatable bonds is 7. The van der Waals surface area contributed by atoms with Crippen LogP contribution in [0.3, 0.4) is 0 Å². The molecule has 0 spiro atoms. The smallest absolute Gasteiger partial charge is 0.372 e. The molecule has 2 aromatic carbocycles. The van der Waals surface area contributed by atoms with E-state index in [9.17, 15) is 9.59 Å². The fourth-order valence-electron chi connectivity index (χ4n) is 3.51. The van der Waals surface area contributed by atoms with Gasteiger partial charge < -0.3 is 18.9 Å². The molecule has 6 nitrogen and oxygen atoms in total. The summed E-state index contributed by atoms with van der Waals surface area (Å²) >= 11 is 0. The van der Waals surface area contributed by atoms with Gasteiger partial charge in [-0.25, -0.2) is 4.79 Å². The molecule has 1 heterocycles. The minimum atomic E-state index is -0.963. The normalized spacial score (nSPS) is 23.0. The van der Waals surface area contributed by atoms with Gasteiger partial charge in [-0.05, 0) is 25.0 Å². The van der Waals surface area contributed by atoms with Crippen LogP contribution in [-0.2, 0) is 28.5 Å². The van der Waals surface area contributed by atoms with Gasteiger partial charge in [-0.3, -0.25) is 4.79 Å². The molecule has 1 saturated heterocycles. The second-order valence-electron chi connectivity index (χ2n) is 7.02. The summed E-state index contributed by atoms with van der Waals surface area (Å²) in [7, 11) is 1.60. The Kier molecular flexibility index (Phi) is 6.24. The van der Waals surface area contributed by atoms with Gasteiger partial charge in [0.15, 0.2) is 11.9 Å². The summed E-state index contributed by atoms with van der Waals surface area (Å²) in [6.45, 7) is 3.59. The Balaban J connectivity index is 2.00. The Hall–Kier alpha value is -2.54. The van der Waals surface area contributed by atoms with E-state index in [4.69, 9.17) is 18.9 Å². The van der Waals surface area contributed by atoms with Crippen molar-refractivity contribution in [3.63, 3.8) is 0 Å². The summed E-state index contributed by atoms with van der Waals surface area (Å²) in [6.07, 6.45) is -2.36. The second-order valence-corrected chi connectivity index (χ2v) is 7.02. The summed E-state index contributed by atoms with van der Waals surface area (Å²) in [5, 5.41) is 0. The van der Waals surface area contributed by atoms with Gasteiger partial charge in [0.1, 0.15) is 18.3 Å². The van der Waals surface area contributed by atoms with Crippen molar-refractivity contribution in [2.45, 2.75) is 44.1 Å². The molecule has 0 saturated carbocycles. The van der Waals surface area contributed by atoms with E-state index < -0.39 is 36.2 Å². The first-order chi connectivity index (χ1) is 13.4. The third kappa shape index (κ3) is 4.47. The van der Waals surface area contributed by atoms with E-state index in [-0.39, 0.29) is 6.29 Å². The molecule has 0 bridgehead atoms. The number of carbonyl (C=O) groups is 2. The molecule has 148 valence electrons. The van der Waals surface area contributed by atoms with Gasteiger partial charge in [0.05, 0.1) is 0 Å². The molecule has 28 heavy (non-hydrogen) atoms. The van der Waals surface area contributed by atoms with Crippen LogP contribution in [0.2, 0.25) is 0 Å². The highest BCUT2D eigenvalue weighted by Gasteiger charge is 2.50. The van der Waals surface area contributed by atoms with E-state index in [0.717, 1.165) is 5.56 Å². The standard InChI is InChI=1S/C22H24O6/c1-22(2)27-20(18(25-3)15-10-6-4-7-11-15)21(28-22)19(26-17(24)14-23)16-12-8-5-9-13-16/h4-14,18-21H,1-3H3/t18-,19-,20+,21+/m1/s1. The number of ether oxygens (including phenoxy) is 4. The number of hydrogen-bond acceptors (Lipinski definition) is 6. The van der Waals surface area contributed by atoms with Crippen molar-refractivity contribution >= 4 is 12.3 Å². The highest BCUT2D eigenvalue weighted by atomic mass is 16.8. The average molecular weight is 384 g/mol. The summed E-state index contributed by atoms with van der Waals surface area (Å²) in [5.41, 5.74) is 1.62. The molecule has 2 aromatic rings. The highest BCUT2D eigenvalue weighted by Crippen LogP contribution is 2.42. The van der Waals surface area contributed by atoms with E-state index in [1.165, 1.54) is 0 Å². The van der Waals surface area contributed by atoms with Crippen molar-refractivity contribution < 1.29 is 28.5 Å². The third-order valence-corrected chi connectivity index (χ3v) is 4.61. The van der Waals surface area contributed by atoms with Crippen molar-refractivity contribution in [1.29, 1.82) is 0 Å². The predicted molar refractivity (Wildman–Crippen MR) is 101 cm³/mol. The minimum absolute atomic E-state index is 0.150. The third-order valence-electron chi connectivity index (χ3n) is 4.61. The first-order valence-corrected chi connectivity index (χ1v) is 9.09. The van der Waals surface area contributed by atoms with Crippen molar-refractivity contribution in [1.82, 2.24) is 0 Å². The molecular formula is C22H24O6. The van der Waals surface area contributed by atoms with Crippen LogP contribution in [0.4, 0.5) is 0 Å². The Labute approximate surface area is 164 Å². The molecule has 1 fully saturated rings. The van der Waals surface area contributed by atoms with Gasteiger partial charge in [0.2, 0.25) is 6.29 Å². The second kappa shape index (κ2) is 8.65. The van der Waals surface area contributed by atoms with E-state index >= 15 is 0 Å². The maximum absolute atomic E-state index is 11.8. The molecule has 6 heteroatoms. The first-order valence-electron chi connectivity index (χ1n) is 9.09. The largest absolute Gasteiger partial charge is 0.449 e. The van der Waals surface area contributed by atoms with Crippen LogP contribution in [0.5, 0.6) is 0 Å². The van der Waals surface area contributed by atoms with Gasteiger partial charge in [-0.2, -0.15) is 0 Å². The van der Waals surface area contributed by atoms with E-state index in [0.29, 0.717) is 5.56 Å². The molecular weight excluding hydrogens is 360 g/mol. The fourth-order valence-corrected chi connectivity index (χ4v) is 3.51. The number of methoxy groups -OCH3 is 1. The summed E-state index contributed by atoms with van der Waals surface area (Å²) in [6, 6.07) is 18.8. The lowest BCUT2D eigenvalue weighted by Gasteiger charge is -2.30. The number of carbonyl (C=O) groups excluding carboxylic acids is 2. The molecule has 0 aliphatic carbocycles. The molecule has 3 rings (SSSR count). The molecule has 1 aliphatic heterocycles. The molecule has 0 N–H and O–H groups in total. The molecule has 0 amide bonds. The van der Waals surface area contributed by atoms with Crippen LogP contribution < -0.4 is 0 Å². The highest BCUT2D eigenvalue weighted by molar-refractivity contribution is 6.20. The SMILES string of the molecule is CO[C@H](c1ccccc1)[C@@H]1OC(C)(C)O[C@H]1[C@H](OC(=O)C=O)c1ccccc1. The Morgan fingerprint density at radius 3 is 1.86 bits per heavy atom. The van der Waals surface area contributed by atoms with Crippen molar-refractivity contribution in [2.24, 2.45) is 0 Å². The van der Waals surface area contributed by atoms with Crippen molar-refractivity contribution in [3.05, 3.63) is 71.8 Å². The summed E-state index contributed by atoms with van der Waals surface area (Å²) < 4.78 is 23.5. The van der Waals surface area contributed by atoms with Gasteiger partial charge >= 0.3 is 5.97 Å². The monoisotopic (exact) mass is 384 g/mol. The van der Waals surface area contributed by atoms with E-state index in [1.54, 1.807) is 21.0 Å². The summed E-state index contributed by atoms with van der Waals surface area (Å²) in [5.74, 6) is -1.88. The zero-order valence-corrected chi connectivity index (χ0v) is 16.1. The number of esters is 1. The zero-order valence-electron chi connectivity index (χ0n) is 16.1. The van der Waals surface area contributed by atoms with Crippen LogP contribution in [0.25, 0.3) is 0 Å². The average Bonchev–Trinajstić information content (AvgIpc) is 3.03. The molecule has 1 aliphatic rings. The Morgan fingerprint density at radius 1 is 0.929 bits per heavy atom. The van der Waals surface area contributed by atoms with Gasteiger partial charge in [-0.15, -0.1) is 0 Å². The minimum Gasteiger partial charge on any atom is -0.449 e. The van der Waals surface area contributed by atoms with Crippen LogP contribution in [-0.4, -0.2) is 37.4 Å². The molecule has 0 aromatic heterocycles. The number of hydrogen-bond donors (Lipinski definition) is 0. The lowest BCUT2D eigenvalue weighted by atomic mass is 9.93. The van der Waals surface area contributed by atoms with Gasteiger partial charge in [0.25, 0.3) is 0 Å². The topological polar surface area (TPSA) is 71.1 Å². The number of benzene rings is 2. The van der Waals surface area contributed by atoms with Gasteiger partial charge in [-0.1, -0.05) is 60.7 Å². The first kappa shape index (κ1) is 20.2. The van der Waals surface area contributed by atoms with Gasteiger partial charge in [0, 0.05) is 7.11 Å². The Bertz CT molecular complexity index is 789. The van der Waals surface area contributed by atoms with Crippen molar-refractivity contribution in [3.8, 4) is 0 Å². The molecule has 0 unspecified atom stereocenters. The van der Waals surface area contributed by atoms with Crippen LogP contribution in [0, 0.1) is 0 Å². The van der Waals surface area contributed by atoms with Crippen molar-refractivity contribution in [2.75, 3.05) is 7.11 Å². The lowest BCUT2D eigenvalue weighted by molar-refractivity contribution is -0.173. The number of aldehydes is 1. The van der Waals surface area contributed by atoms with Crippen LogP contribution in [0.15, 0.2) is 60.7 Å². The molecule has 0 radical (unpaired) electrons. The lowest BCUT2D eigenvalue weighted by Crippen LogP contribution is -2.37. The fraction of sp³-hybridized carbons (Fsp3) is 0.364. The van der Waals surface area contributed by atoms with E-state index in [1.807, 2.05) is 60.7 Å². The van der Waals surface area contributed by atoms with Crippen LogP contribution >= 0.6 is 0 Å². The zero-order chi connectivity index (χ0) is 20.1. The predicted octanol–water partition coefficient (Wildman–Crippen LogP) is 3.38. The Morgan fingerprint density at radius 2 is 1.39 bits per heavy atom. The maximum atomic E-state index is 11.8. The van der Waals surface area contributed by atoms with Crippen LogP contribution in [0.1, 0.15) is 37.2 Å². The maximum Gasteiger partial charge on any atom is 0.372 e. The molecule has 4 atom stereocenters. The van der Waals surface area contributed by atoms with E-state index in [2.05, 4.69) is 0 Å².